The van der Waals surface area contributed by atoms with Crippen LogP contribution in [-0.4, -0.2) is 55.7 Å². The van der Waals surface area contributed by atoms with Gasteiger partial charge in [0.05, 0.1) is 16.5 Å². The van der Waals surface area contributed by atoms with Crippen LogP contribution in [0.25, 0.3) is 11.4 Å². The van der Waals surface area contributed by atoms with Crippen LogP contribution in [0, 0.1) is 0 Å². The third-order valence-electron chi connectivity index (χ3n) is 6.56. The minimum absolute atomic E-state index is 0.295. The van der Waals surface area contributed by atoms with Crippen molar-refractivity contribution in [2.24, 2.45) is 0 Å². The molecule has 2 aromatic heterocycles. The third kappa shape index (κ3) is 4.11. The first-order valence-electron chi connectivity index (χ1n) is 11.5. The van der Waals surface area contributed by atoms with Gasteiger partial charge in [-0.2, -0.15) is 4.98 Å². The van der Waals surface area contributed by atoms with Crippen molar-refractivity contribution >= 4 is 22.6 Å². The van der Waals surface area contributed by atoms with Gasteiger partial charge in [0.2, 0.25) is 5.95 Å². The molecule has 3 aromatic rings. The lowest BCUT2D eigenvalue weighted by Crippen LogP contribution is -2.33. The van der Waals surface area contributed by atoms with E-state index in [4.69, 9.17) is 14.7 Å². The predicted octanol–water partition coefficient (Wildman–Crippen LogP) is 2.75. The quantitative estimate of drug-likeness (QED) is 0.633. The van der Waals surface area contributed by atoms with E-state index >= 15 is 0 Å². The third-order valence-corrected chi connectivity index (χ3v) is 8.02. The van der Waals surface area contributed by atoms with E-state index in [0.717, 1.165) is 85.7 Å². The Hall–Kier alpha value is -2.91. The van der Waals surface area contributed by atoms with Gasteiger partial charge < -0.3 is 15.0 Å². The van der Waals surface area contributed by atoms with E-state index in [1.165, 1.54) is 11.1 Å². The highest BCUT2D eigenvalue weighted by atomic mass is 32.2. The fourth-order valence-electron chi connectivity index (χ4n) is 4.77. The Balaban J connectivity index is 1.28. The zero-order valence-electron chi connectivity index (χ0n) is 18.4. The van der Waals surface area contributed by atoms with Crippen LogP contribution < -0.4 is 10.2 Å². The summed E-state index contributed by atoms with van der Waals surface area (Å²) < 4.78 is 18.2. The lowest BCUT2D eigenvalue weighted by Gasteiger charge is -2.30. The van der Waals surface area contributed by atoms with Crippen molar-refractivity contribution in [1.82, 2.24) is 19.9 Å². The molecule has 1 fully saturated rings. The first kappa shape index (κ1) is 20.7. The molecule has 1 atom stereocenters. The van der Waals surface area contributed by atoms with Gasteiger partial charge in [-0.05, 0) is 42.5 Å². The number of anilines is 2. The number of nitrogens with zero attached hydrogens (tertiary/aromatic N) is 5. The Morgan fingerprint density at radius 2 is 1.91 bits per heavy atom. The molecule has 9 heteroatoms. The van der Waals surface area contributed by atoms with Gasteiger partial charge in [-0.1, -0.05) is 12.1 Å². The first-order valence-corrected chi connectivity index (χ1v) is 12.8. The number of hydrogen-bond acceptors (Lipinski definition) is 8. The van der Waals surface area contributed by atoms with Gasteiger partial charge in [-0.15, -0.1) is 0 Å². The Kier molecular flexibility index (Phi) is 5.51. The van der Waals surface area contributed by atoms with Gasteiger partial charge in [0.25, 0.3) is 0 Å². The number of ether oxygens (including phenoxy) is 1. The monoisotopic (exact) mass is 462 g/mol. The molecule has 0 unspecified atom stereocenters. The minimum Gasteiger partial charge on any atom is -0.381 e. The van der Waals surface area contributed by atoms with E-state index in [9.17, 15) is 4.21 Å². The molecule has 6 rings (SSSR count). The standard InChI is InChI=1S/C24H26N6O2S/c31-33-13-7-20-21(33)23(27-19-5-11-32-12-6-19)29-24(28-20)30-10-4-16-14-17(2-3-18(16)15-30)22-25-8-1-9-26-22/h1-3,8-9,14,19H,4-7,10-13,15H2,(H,27,28,29)/t33-/m0/s1. The highest BCUT2D eigenvalue weighted by molar-refractivity contribution is 7.85. The molecular formula is C24H26N6O2S. The summed E-state index contributed by atoms with van der Waals surface area (Å²) in [6.45, 7) is 3.09. The van der Waals surface area contributed by atoms with Crippen LogP contribution in [0.5, 0.6) is 0 Å². The van der Waals surface area contributed by atoms with E-state index < -0.39 is 10.8 Å². The molecule has 170 valence electrons. The Morgan fingerprint density at radius 3 is 2.76 bits per heavy atom. The highest BCUT2D eigenvalue weighted by Gasteiger charge is 2.29. The van der Waals surface area contributed by atoms with Gasteiger partial charge in [-0.3, -0.25) is 4.21 Å². The second-order valence-corrected chi connectivity index (χ2v) is 10.2. The molecule has 3 aliphatic rings. The minimum atomic E-state index is -1.03. The summed E-state index contributed by atoms with van der Waals surface area (Å²) in [6.07, 6.45) is 7.06. The number of aromatic nitrogens is 4. The van der Waals surface area contributed by atoms with E-state index in [-0.39, 0.29) is 0 Å². The Morgan fingerprint density at radius 1 is 1.06 bits per heavy atom. The summed E-state index contributed by atoms with van der Waals surface area (Å²) in [5.41, 5.74) is 4.56. The SMILES string of the molecule is O=[S@]1CCc2nc(N3CCc4cc(-c5ncccn5)ccc4C3)nc(NC3CCOCC3)c21. The summed E-state index contributed by atoms with van der Waals surface area (Å²) >= 11 is 0. The van der Waals surface area contributed by atoms with Crippen LogP contribution >= 0.6 is 0 Å². The van der Waals surface area contributed by atoms with E-state index in [2.05, 4.69) is 38.4 Å². The Labute approximate surface area is 195 Å². The molecule has 1 aromatic carbocycles. The zero-order chi connectivity index (χ0) is 22.2. The number of hydrogen-bond donors (Lipinski definition) is 1. The lowest BCUT2D eigenvalue weighted by molar-refractivity contribution is 0.0903. The molecule has 3 aliphatic heterocycles. The fraction of sp³-hybridized carbons (Fsp3) is 0.417. The average molecular weight is 463 g/mol. The predicted molar refractivity (Wildman–Crippen MR) is 127 cm³/mol. The molecule has 0 bridgehead atoms. The van der Waals surface area contributed by atoms with Crippen LogP contribution in [0.15, 0.2) is 41.6 Å². The molecule has 1 saturated heterocycles. The number of rotatable bonds is 4. The van der Waals surface area contributed by atoms with Crippen molar-refractivity contribution in [2.45, 2.75) is 43.2 Å². The zero-order valence-corrected chi connectivity index (χ0v) is 19.2. The molecule has 0 aliphatic carbocycles. The van der Waals surface area contributed by atoms with E-state index in [0.29, 0.717) is 11.8 Å². The molecule has 0 saturated carbocycles. The lowest BCUT2D eigenvalue weighted by atomic mass is 9.97. The average Bonchev–Trinajstić information content (AvgIpc) is 3.25. The van der Waals surface area contributed by atoms with Gasteiger partial charge in [0.1, 0.15) is 10.7 Å². The summed E-state index contributed by atoms with van der Waals surface area (Å²) in [4.78, 5) is 21.5. The first-order chi connectivity index (χ1) is 16.2. The van der Waals surface area contributed by atoms with E-state index in [1.54, 1.807) is 12.4 Å². The summed E-state index contributed by atoms with van der Waals surface area (Å²) in [7, 11) is -1.03. The maximum Gasteiger partial charge on any atom is 0.227 e. The van der Waals surface area contributed by atoms with Crippen LogP contribution in [-0.2, 0) is 34.9 Å². The van der Waals surface area contributed by atoms with Crippen LogP contribution in [0.1, 0.15) is 29.7 Å². The maximum atomic E-state index is 12.7. The maximum absolute atomic E-state index is 12.7. The van der Waals surface area contributed by atoms with Gasteiger partial charge in [-0.25, -0.2) is 15.0 Å². The fourth-order valence-corrected chi connectivity index (χ4v) is 6.08. The van der Waals surface area contributed by atoms with Crippen LogP contribution in [0.2, 0.25) is 0 Å². The second kappa shape index (κ2) is 8.79. The van der Waals surface area contributed by atoms with Gasteiger partial charge >= 0.3 is 0 Å². The topological polar surface area (TPSA) is 93.1 Å². The van der Waals surface area contributed by atoms with Crippen molar-refractivity contribution < 1.29 is 8.95 Å². The smallest absolute Gasteiger partial charge is 0.227 e. The highest BCUT2D eigenvalue weighted by Crippen LogP contribution is 2.33. The summed E-state index contributed by atoms with van der Waals surface area (Å²) in [6, 6.07) is 8.58. The van der Waals surface area contributed by atoms with Crippen LogP contribution in [0.4, 0.5) is 11.8 Å². The normalized spacial score (nSPS) is 20.4. The molecule has 0 spiro atoms. The molecule has 1 N–H and O–H groups in total. The van der Waals surface area contributed by atoms with Crippen molar-refractivity contribution in [3.8, 4) is 11.4 Å². The largest absolute Gasteiger partial charge is 0.381 e. The van der Waals surface area contributed by atoms with Crippen molar-refractivity contribution in [3.63, 3.8) is 0 Å². The second-order valence-electron chi connectivity index (χ2n) is 8.71. The molecular weight excluding hydrogens is 436 g/mol. The molecule has 8 nitrogen and oxygen atoms in total. The number of benzene rings is 1. The summed E-state index contributed by atoms with van der Waals surface area (Å²) in [5, 5.41) is 3.57. The molecule has 5 heterocycles. The summed E-state index contributed by atoms with van der Waals surface area (Å²) in [5.74, 6) is 2.85. The molecule has 0 radical (unpaired) electrons. The molecule has 0 amide bonds. The number of fused-ring (bicyclic) bond motifs is 2. The van der Waals surface area contributed by atoms with Crippen molar-refractivity contribution in [2.75, 3.05) is 35.7 Å². The number of nitrogens with one attached hydrogen (secondary N) is 1. The van der Waals surface area contributed by atoms with E-state index in [1.807, 2.05) is 6.07 Å². The molecule has 33 heavy (non-hydrogen) atoms. The van der Waals surface area contributed by atoms with Gasteiger partial charge in [0.15, 0.2) is 5.82 Å². The van der Waals surface area contributed by atoms with Crippen molar-refractivity contribution in [1.29, 1.82) is 0 Å². The van der Waals surface area contributed by atoms with Gasteiger partial charge in [0, 0.05) is 62.5 Å². The van der Waals surface area contributed by atoms with Crippen LogP contribution in [0.3, 0.4) is 0 Å². The number of aryl methyl sites for hydroxylation is 1. The Bertz CT molecular complexity index is 1200. The van der Waals surface area contributed by atoms with Crippen molar-refractivity contribution in [3.05, 3.63) is 53.5 Å².